The Labute approximate surface area is 189 Å². The molecule has 0 radical (unpaired) electrons. The van der Waals surface area contributed by atoms with Crippen LogP contribution in [0.2, 0.25) is 0 Å². The predicted molar refractivity (Wildman–Crippen MR) is 127 cm³/mol. The highest BCUT2D eigenvalue weighted by molar-refractivity contribution is 7.99. The lowest BCUT2D eigenvalue weighted by molar-refractivity contribution is -0.113. The van der Waals surface area contributed by atoms with Crippen molar-refractivity contribution in [2.45, 2.75) is 25.4 Å². The number of amides is 1. The molecule has 2 heterocycles. The normalized spacial score (nSPS) is 10.9. The number of hydrogen-bond acceptors (Lipinski definition) is 6. The van der Waals surface area contributed by atoms with Crippen molar-refractivity contribution < 1.29 is 4.79 Å². The minimum atomic E-state index is -0.112. The zero-order chi connectivity index (χ0) is 21.8. The van der Waals surface area contributed by atoms with Crippen molar-refractivity contribution in [1.82, 2.24) is 19.7 Å². The number of nitrogens with one attached hydrogen (secondary N) is 1. The fourth-order valence-electron chi connectivity index (χ4n) is 3.05. The summed E-state index contributed by atoms with van der Waals surface area (Å²) in [7, 11) is 1.93. The molecule has 0 aliphatic rings. The molecule has 4 aromatic rings. The lowest BCUT2D eigenvalue weighted by atomic mass is 10.1. The number of benzene rings is 2. The van der Waals surface area contributed by atoms with E-state index in [0.717, 1.165) is 22.2 Å². The van der Waals surface area contributed by atoms with Crippen LogP contribution < -0.4 is 5.32 Å². The molecule has 0 spiro atoms. The van der Waals surface area contributed by atoms with E-state index in [-0.39, 0.29) is 11.7 Å². The van der Waals surface area contributed by atoms with Crippen molar-refractivity contribution in [3.8, 4) is 11.3 Å². The Morgan fingerprint density at radius 1 is 1.10 bits per heavy atom. The molecule has 158 valence electrons. The van der Waals surface area contributed by atoms with Gasteiger partial charge in [0.1, 0.15) is 5.82 Å². The largest absolute Gasteiger partial charge is 0.309 e. The number of aromatic nitrogens is 4. The maximum Gasteiger partial charge on any atom is 0.236 e. The molecule has 4 rings (SSSR count). The van der Waals surface area contributed by atoms with Gasteiger partial charge in [0, 0.05) is 24.4 Å². The van der Waals surface area contributed by atoms with E-state index in [4.69, 9.17) is 0 Å². The van der Waals surface area contributed by atoms with Crippen LogP contribution in [0.1, 0.15) is 22.5 Å². The molecule has 1 N–H and O–H groups in total. The van der Waals surface area contributed by atoms with Crippen LogP contribution in [0.4, 0.5) is 5.13 Å². The smallest absolute Gasteiger partial charge is 0.236 e. The minimum absolute atomic E-state index is 0.112. The van der Waals surface area contributed by atoms with Crippen LogP contribution in [0.3, 0.4) is 0 Å². The third-order valence-electron chi connectivity index (χ3n) is 5.02. The Kier molecular flexibility index (Phi) is 6.48. The number of rotatable bonds is 7. The van der Waals surface area contributed by atoms with Crippen molar-refractivity contribution in [2.24, 2.45) is 7.05 Å². The summed E-state index contributed by atoms with van der Waals surface area (Å²) in [5, 5.41) is 14.7. The highest BCUT2D eigenvalue weighted by atomic mass is 32.2. The molecule has 8 heteroatoms. The summed E-state index contributed by atoms with van der Waals surface area (Å²) in [6, 6.07) is 16.4. The average Bonchev–Trinajstić information content (AvgIpc) is 3.36. The van der Waals surface area contributed by atoms with Gasteiger partial charge < -0.3 is 9.88 Å². The van der Waals surface area contributed by atoms with Gasteiger partial charge in [-0.1, -0.05) is 54.2 Å². The Morgan fingerprint density at radius 3 is 2.68 bits per heavy atom. The van der Waals surface area contributed by atoms with Crippen molar-refractivity contribution >= 4 is 34.1 Å². The topological polar surface area (TPSA) is 72.7 Å². The number of thioether (sulfide) groups is 1. The monoisotopic (exact) mass is 449 g/mol. The number of carbonyl (C=O) groups is 1. The van der Waals surface area contributed by atoms with Crippen LogP contribution >= 0.6 is 23.1 Å². The zero-order valence-corrected chi connectivity index (χ0v) is 19.3. The van der Waals surface area contributed by atoms with E-state index in [1.807, 2.05) is 35.2 Å². The van der Waals surface area contributed by atoms with E-state index in [9.17, 15) is 4.79 Å². The molecule has 0 atom stereocenters. The second-order valence-electron chi connectivity index (χ2n) is 7.29. The first-order valence-corrected chi connectivity index (χ1v) is 11.7. The molecule has 0 fully saturated rings. The van der Waals surface area contributed by atoms with Crippen molar-refractivity contribution in [3.05, 3.63) is 76.4 Å². The van der Waals surface area contributed by atoms with Crippen LogP contribution in [0.25, 0.3) is 11.3 Å². The zero-order valence-electron chi connectivity index (χ0n) is 17.6. The highest BCUT2D eigenvalue weighted by Crippen LogP contribution is 2.27. The van der Waals surface area contributed by atoms with E-state index in [0.29, 0.717) is 11.6 Å². The fraction of sp³-hybridized carbons (Fsp3) is 0.217. The van der Waals surface area contributed by atoms with Crippen molar-refractivity contribution in [1.29, 1.82) is 0 Å². The SMILES string of the molecule is Cc1ccc(-c2csc(NC(=O)CSc3nnc(Cc4ccccc4)n3C)n2)cc1C. The lowest BCUT2D eigenvalue weighted by Crippen LogP contribution is -2.14. The average molecular weight is 450 g/mol. The molecule has 2 aromatic heterocycles. The van der Waals surface area contributed by atoms with Gasteiger partial charge in [-0.15, -0.1) is 21.5 Å². The predicted octanol–water partition coefficient (Wildman–Crippen LogP) is 4.88. The third-order valence-corrected chi connectivity index (χ3v) is 6.79. The van der Waals surface area contributed by atoms with Crippen molar-refractivity contribution in [3.63, 3.8) is 0 Å². The molecule has 6 nitrogen and oxygen atoms in total. The second-order valence-corrected chi connectivity index (χ2v) is 9.09. The molecule has 0 aliphatic heterocycles. The van der Waals surface area contributed by atoms with E-state index >= 15 is 0 Å². The summed E-state index contributed by atoms with van der Waals surface area (Å²) in [5.74, 6) is 1.00. The Morgan fingerprint density at radius 2 is 1.90 bits per heavy atom. The standard InChI is InChI=1S/C23H23N5OS2/c1-15-9-10-18(11-16(15)2)19-13-30-22(24-19)25-21(29)14-31-23-27-26-20(28(23)3)12-17-7-5-4-6-8-17/h4-11,13H,12,14H2,1-3H3,(H,24,25,29). The summed E-state index contributed by atoms with van der Waals surface area (Å²) in [6.45, 7) is 4.17. The van der Waals surface area contributed by atoms with Gasteiger partial charge in [-0.2, -0.15) is 0 Å². The van der Waals surface area contributed by atoms with Crippen LogP contribution in [0, 0.1) is 13.8 Å². The lowest BCUT2D eigenvalue weighted by Gasteiger charge is -2.04. The fourth-order valence-corrected chi connectivity index (χ4v) is 4.52. The number of carbonyl (C=O) groups excluding carboxylic acids is 1. The van der Waals surface area contributed by atoms with Gasteiger partial charge in [0.25, 0.3) is 0 Å². The third kappa shape index (κ3) is 5.21. The summed E-state index contributed by atoms with van der Waals surface area (Å²) < 4.78 is 1.94. The summed E-state index contributed by atoms with van der Waals surface area (Å²) in [6.07, 6.45) is 0.706. The highest BCUT2D eigenvalue weighted by Gasteiger charge is 2.13. The first kappa shape index (κ1) is 21.3. The Balaban J connectivity index is 1.34. The van der Waals surface area contributed by atoms with E-state index in [1.54, 1.807) is 0 Å². The molecule has 31 heavy (non-hydrogen) atoms. The van der Waals surface area contributed by atoms with Gasteiger partial charge in [-0.25, -0.2) is 4.98 Å². The molecule has 2 aromatic carbocycles. The minimum Gasteiger partial charge on any atom is -0.309 e. The van der Waals surface area contributed by atoms with E-state index in [1.165, 1.54) is 39.8 Å². The van der Waals surface area contributed by atoms with Crippen LogP contribution in [0.5, 0.6) is 0 Å². The maximum absolute atomic E-state index is 12.4. The quantitative estimate of drug-likeness (QED) is 0.407. The van der Waals surface area contributed by atoms with Gasteiger partial charge >= 0.3 is 0 Å². The molecular formula is C23H23N5OS2. The first-order valence-electron chi connectivity index (χ1n) is 9.87. The Hall–Kier alpha value is -2.97. The summed E-state index contributed by atoms with van der Waals surface area (Å²) >= 11 is 2.79. The molecule has 1 amide bonds. The van der Waals surface area contributed by atoms with Gasteiger partial charge in [0.05, 0.1) is 11.4 Å². The van der Waals surface area contributed by atoms with Crippen LogP contribution in [0.15, 0.2) is 59.1 Å². The number of thiazole rings is 1. The maximum atomic E-state index is 12.4. The van der Waals surface area contributed by atoms with Gasteiger partial charge in [0.15, 0.2) is 10.3 Å². The van der Waals surface area contributed by atoms with E-state index in [2.05, 4.69) is 64.7 Å². The van der Waals surface area contributed by atoms with Crippen molar-refractivity contribution in [2.75, 3.05) is 11.1 Å². The molecule has 0 bridgehead atoms. The molecule has 0 saturated carbocycles. The number of anilines is 1. The first-order chi connectivity index (χ1) is 15.0. The van der Waals surface area contributed by atoms with E-state index < -0.39 is 0 Å². The summed E-state index contributed by atoms with van der Waals surface area (Å²) in [5.41, 5.74) is 5.58. The molecule has 0 unspecified atom stereocenters. The molecule has 0 aliphatic carbocycles. The van der Waals surface area contributed by atoms with Gasteiger partial charge in [0.2, 0.25) is 5.91 Å². The summed E-state index contributed by atoms with van der Waals surface area (Å²) in [4.78, 5) is 17.0. The van der Waals surface area contributed by atoms with Gasteiger partial charge in [-0.3, -0.25) is 4.79 Å². The van der Waals surface area contributed by atoms with Crippen LogP contribution in [-0.2, 0) is 18.3 Å². The number of nitrogens with zero attached hydrogens (tertiary/aromatic N) is 4. The second kappa shape index (κ2) is 9.45. The Bertz CT molecular complexity index is 1200. The molecule has 0 saturated heterocycles. The van der Waals surface area contributed by atoms with Gasteiger partial charge in [-0.05, 0) is 36.6 Å². The van der Waals surface area contributed by atoms with Crippen LogP contribution in [-0.4, -0.2) is 31.4 Å². The number of hydrogen-bond donors (Lipinski definition) is 1. The number of aryl methyl sites for hydroxylation is 2. The molecular weight excluding hydrogens is 426 g/mol.